The van der Waals surface area contributed by atoms with Gasteiger partial charge in [-0.2, -0.15) is 0 Å². The number of aromatic nitrogens is 1. The van der Waals surface area contributed by atoms with E-state index >= 15 is 0 Å². The van der Waals surface area contributed by atoms with Crippen molar-refractivity contribution in [2.75, 3.05) is 0 Å². The Hall–Kier alpha value is -0.310. The summed E-state index contributed by atoms with van der Waals surface area (Å²) in [6, 6.07) is 0. The Morgan fingerprint density at radius 3 is 2.64 bits per heavy atom. The van der Waals surface area contributed by atoms with Crippen LogP contribution in [0.3, 0.4) is 0 Å². The molecular weight excluding hydrogens is 375 g/mol. The minimum absolute atomic E-state index is 0.0865. The fraction of sp³-hybridized carbons (Fsp3) is 0.143. The molecule has 0 saturated carbocycles. The number of carboxylic acid groups (broad SMARTS) is 1. The molecule has 14 heavy (non-hydrogen) atoms. The van der Waals surface area contributed by atoms with Gasteiger partial charge in [0.15, 0.2) is 5.69 Å². The molecule has 0 saturated heterocycles. The number of hydrogen-bond donors (Lipinski definition) is 1. The zero-order valence-electron chi connectivity index (χ0n) is 6.47. The van der Waals surface area contributed by atoms with Crippen molar-refractivity contribution in [2.45, 2.75) is 6.43 Å². The van der Waals surface area contributed by atoms with Gasteiger partial charge in [-0.15, -0.1) is 0 Å². The Balaban J connectivity index is 3.33. The van der Waals surface area contributed by atoms with Gasteiger partial charge in [0, 0.05) is 9.77 Å². The van der Waals surface area contributed by atoms with Crippen LogP contribution in [-0.4, -0.2) is 16.1 Å². The fourth-order valence-electron chi connectivity index (χ4n) is 0.779. The number of rotatable bonds is 2. The zero-order chi connectivity index (χ0) is 10.9. The minimum atomic E-state index is -2.66. The lowest BCUT2D eigenvalue weighted by Crippen LogP contribution is -2.05. The number of pyridine rings is 1. The summed E-state index contributed by atoms with van der Waals surface area (Å²) in [5, 5.41) is 8.64. The van der Waals surface area contributed by atoms with Crippen molar-refractivity contribution in [1.82, 2.24) is 4.98 Å². The van der Waals surface area contributed by atoms with E-state index in [1.807, 2.05) is 0 Å². The lowest BCUT2D eigenvalue weighted by molar-refractivity contribution is 0.0688. The van der Waals surface area contributed by atoms with Gasteiger partial charge in [-0.3, -0.25) is 0 Å². The molecule has 1 aromatic heterocycles. The van der Waals surface area contributed by atoms with Crippen LogP contribution >= 0.6 is 38.5 Å². The van der Waals surface area contributed by atoms with Crippen molar-refractivity contribution in [3.8, 4) is 0 Å². The average Bonchev–Trinajstić information content (AvgIpc) is 2.08. The molecule has 76 valence electrons. The Morgan fingerprint density at radius 1 is 1.64 bits per heavy atom. The molecule has 1 aromatic rings. The van der Waals surface area contributed by atoms with E-state index in [1.54, 1.807) is 22.6 Å². The standard InChI is InChI=1S/C7H3BrF2INO2/c8-3-4(11)2(6(9)10)1-12-5(3)7(13)14/h1,6H,(H,13,14). The van der Waals surface area contributed by atoms with E-state index < -0.39 is 12.4 Å². The largest absolute Gasteiger partial charge is 0.476 e. The van der Waals surface area contributed by atoms with Crippen LogP contribution < -0.4 is 0 Å². The van der Waals surface area contributed by atoms with Gasteiger partial charge >= 0.3 is 5.97 Å². The highest BCUT2D eigenvalue weighted by atomic mass is 127. The zero-order valence-corrected chi connectivity index (χ0v) is 10.2. The maximum atomic E-state index is 12.3. The van der Waals surface area contributed by atoms with Gasteiger partial charge in [-0.25, -0.2) is 18.6 Å². The van der Waals surface area contributed by atoms with Crippen LogP contribution in [0.2, 0.25) is 0 Å². The molecule has 0 aromatic carbocycles. The third kappa shape index (κ3) is 2.19. The summed E-state index contributed by atoms with van der Waals surface area (Å²) < 4.78 is 24.9. The summed E-state index contributed by atoms with van der Waals surface area (Å²) in [5.41, 5.74) is -0.540. The highest BCUT2D eigenvalue weighted by Gasteiger charge is 2.20. The van der Waals surface area contributed by atoms with Crippen molar-refractivity contribution in [2.24, 2.45) is 0 Å². The molecule has 0 spiro atoms. The number of carbonyl (C=O) groups is 1. The monoisotopic (exact) mass is 377 g/mol. The molecule has 1 N–H and O–H groups in total. The molecular formula is C7H3BrF2INO2. The Kier molecular flexibility index (Phi) is 3.76. The first-order valence-electron chi connectivity index (χ1n) is 3.30. The number of halogens is 4. The van der Waals surface area contributed by atoms with Gasteiger partial charge in [0.2, 0.25) is 0 Å². The van der Waals surface area contributed by atoms with Crippen LogP contribution in [0.15, 0.2) is 10.7 Å². The second-order valence-corrected chi connectivity index (χ2v) is 4.17. The van der Waals surface area contributed by atoms with Crippen LogP contribution in [0.5, 0.6) is 0 Å². The fourth-order valence-corrected chi connectivity index (χ4v) is 1.91. The van der Waals surface area contributed by atoms with Crippen molar-refractivity contribution in [3.63, 3.8) is 0 Å². The van der Waals surface area contributed by atoms with Crippen molar-refractivity contribution < 1.29 is 18.7 Å². The Labute approximate surface area is 99.8 Å². The molecule has 1 rings (SSSR count). The van der Waals surface area contributed by atoms with Crippen molar-refractivity contribution in [3.05, 3.63) is 25.5 Å². The number of alkyl halides is 2. The first-order chi connectivity index (χ1) is 6.45. The highest BCUT2D eigenvalue weighted by Crippen LogP contribution is 2.30. The second-order valence-electron chi connectivity index (χ2n) is 2.30. The van der Waals surface area contributed by atoms with E-state index in [9.17, 15) is 13.6 Å². The van der Waals surface area contributed by atoms with Crippen LogP contribution in [0, 0.1) is 3.57 Å². The molecule has 1 heterocycles. The summed E-state index contributed by atoms with van der Waals surface area (Å²) in [5.74, 6) is -1.25. The summed E-state index contributed by atoms with van der Waals surface area (Å²) in [6.07, 6.45) is -1.78. The summed E-state index contributed by atoms with van der Waals surface area (Å²) in [4.78, 5) is 14.0. The second kappa shape index (κ2) is 4.47. The van der Waals surface area contributed by atoms with E-state index in [4.69, 9.17) is 5.11 Å². The number of aromatic carboxylic acids is 1. The molecule has 3 nitrogen and oxygen atoms in total. The third-order valence-electron chi connectivity index (χ3n) is 1.42. The molecule has 0 atom stereocenters. The molecule has 0 bridgehead atoms. The van der Waals surface area contributed by atoms with Crippen molar-refractivity contribution in [1.29, 1.82) is 0 Å². The van der Waals surface area contributed by atoms with Crippen LogP contribution in [0.1, 0.15) is 22.5 Å². The van der Waals surface area contributed by atoms with Crippen LogP contribution in [-0.2, 0) is 0 Å². The summed E-state index contributed by atoms with van der Waals surface area (Å²) >= 11 is 4.56. The van der Waals surface area contributed by atoms with Crippen LogP contribution in [0.25, 0.3) is 0 Å². The first kappa shape index (κ1) is 11.8. The molecule has 0 unspecified atom stereocenters. The predicted molar refractivity (Wildman–Crippen MR) is 56.6 cm³/mol. The van der Waals surface area contributed by atoms with Gasteiger partial charge < -0.3 is 5.11 Å². The van der Waals surface area contributed by atoms with Gasteiger partial charge in [-0.1, -0.05) is 0 Å². The predicted octanol–water partition coefficient (Wildman–Crippen LogP) is 3.08. The van der Waals surface area contributed by atoms with Crippen molar-refractivity contribution >= 4 is 44.5 Å². The molecule has 7 heteroatoms. The molecule has 0 aliphatic rings. The van der Waals surface area contributed by atoms with E-state index in [0.29, 0.717) is 0 Å². The Morgan fingerprint density at radius 2 is 2.21 bits per heavy atom. The third-order valence-corrected chi connectivity index (χ3v) is 4.10. The van der Waals surface area contributed by atoms with E-state index in [0.717, 1.165) is 6.20 Å². The van der Waals surface area contributed by atoms with Crippen LogP contribution in [0.4, 0.5) is 8.78 Å². The number of nitrogens with zero attached hydrogens (tertiary/aromatic N) is 1. The molecule has 0 fully saturated rings. The molecule has 0 amide bonds. The normalized spacial score (nSPS) is 10.6. The van der Waals surface area contributed by atoms with E-state index in [1.165, 1.54) is 0 Å². The first-order valence-corrected chi connectivity index (χ1v) is 5.17. The smallest absolute Gasteiger partial charge is 0.355 e. The highest BCUT2D eigenvalue weighted by molar-refractivity contribution is 14.1. The van der Waals surface area contributed by atoms with Gasteiger partial charge in [0.25, 0.3) is 6.43 Å². The molecule has 0 aliphatic heterocycles. The maximum absolute atomic E-state index is 12.3. The number of carboxylic acids is 1. The topological polar surface area (TPSA) is 50.2 Å². The Bertz CT molecular complexity index is 386. The maximum Gasteiger partial charge on any atom is 0.355 e. The SMILES string of the molecule is O=C(O)c1ncc(C(F)F)c(I)c1Br. The average molecular weight is 378 g/mol. The lowest BCUT2D eigenvalue weighted by Gasteiger charge is -2.06. The van der Waals surface area contributed by atoms with E-state index in [-0.39, 0.29) is 19.3 Å². The quantitative estimate of drug-likeness (QED) is 0.806. The summed E-state index contributed by atoms with van der Waals surface area (Å²) in [6.45, 7) is 0. The molecule has 0 radical (unpaired) electrons. The van der Waals surface area contributed by atoms with Gasteiger partial charge in [0.1, 0.15) is 0 Å². The number of hydrogen-bond acceptors (Lipinski definition) is 2. The van der Waals surface area contributed by atoms with Gasteiger partial charge in [0.05, 0.1) is 10.0 Å². The molecule has 0 aliphatic carbocycles. The summed E-state index contributed by atoms with van der Waals surface area (Å²) in [7, 11) is 0. The lowest BCUT2D eigenvalue weighted by atomic mass is 10.2. The minimum Gasteiger partial charge on any atom is -0.476 e. The van der Waals surface area contributed by atoms with E-state index in [2.05, 4.69) is 20.9 Å². The van der Waals surface area contributed by atoms with Gasteiger partial charge in [-0.05, 0) is 38.5 Å².